The molecular weight excluding hydrogens is 196 g/mol. The minimum atomic E-state index is 0.795. The first-order valence-electron chi connectivity index (χ1n) is 5.50. The van der Waals surface area contributed by atoms with E-state index >= 15 is 0 Å². The summed E-state index contributed by atoms with van der Waals surface area (Å²) in [6.07, 6.45) is 0. The van der Waals surface area contributed by atoms with E-state index in [1.807, 2.05) is 30.3 Å². The number of anilines is 2. The highest BCUT2D eigenvalue weighted by molar-refractivity contribution is 5.75. The highest BCUT2D eigenvalue weighted by atomic mass is 14.9. The smallest absolute Gasteiger partial charge is 0.0574 e. The maximum atomic E-state index is 5.98. The maximum absolute atomic E-state index is 5.98. The zero-order valence-corrected chi connectivity index (χ0v) is 9.40. The quantitative estimate of drug-likeness (QED) is 0.765. The number of benzene rings is 2. The summed E-state index contributed by atoms with van der Waals surface area (Å²) in [6, 6.07) is 16.4. The van der Waals surface area contributed by atoms with Gasteiger partial charge < -0.3 is 11.1 Å². The molecule has 0 atom stereocenters. The fourth-order valence-electron chi connectivity index (χ4n) is 1.72. The second-order valence-corrected chi connectivity index (χ2v) is 3.70. The molecule has 16 heavy (non-hydrogen) atoms. The van der Waals surface area contributed by atoms with Gasteiger partial charge in [0.05, 0.1) is 11.4 Å². The molecule has 0 heterocycles. The van der Waals surface area contributed by atoms with E-state index in [4.69, 9.17) is 5.73 Å². The molecule has 0 saturated carbocycles. The third kappa shape index (κ3) is 2.16. The molecule has 2 aromatic carbocycles. The Kier molecular flexibility index (Phi) is 3.10. The van der Waals surface area contributed by atoms with Crippen LogP contribution in [0.15, 0.2) is 48.5 Å². The monoisotopic (exact) mass is 212 g/mol. The summed E-state index contributed by atoms with van der Waals surface area (Å²) in [7, 11) is 0. The molecule has 0 aliphatic rings. The fourth-order valence-corrected chi connectivity index (χ4v) is 1.72. The molecule has 2 nitrogen and oxygen atoms in total. The Hall–Kier alpha value is -1.96. The highest BCUT2D eigenvalue weighted by Gasteiger charge is 2.01. The molecule has 0 aromatic heterocycles. The van der Waals surface area contributed by atoms with Gasteiger partial charge in [0.2, 0.25) is 0 Å². The average molecular weight is 212 g/mol. The lowest BCUT2D eigenvalue weighted by molar-refractivity contribution is 1.21. The summed E-state index contributed by atoms with van der Waals surface area (Å²) in [4.78, 5) is 0. The fraction of sp³-hybridized carbons (Fsp3) is 0.143. The number of hydrogen-bond acceptors (Lipinski definition) is 2. The molecule has 0 unspecified atom stereocenters. The summed E-state index contributed by atoms with van der Waals surface area (Å²) in [6.45, 7) is 2.94. The van der Waals surface area contributed by atoms with Crippen molar-refractivity contribution in [2.75, 3.05) is 17.6 Å². The first kappa shape index (κ1) is 10.6. The Balaban J connectivity index is 2.35. The average Bonchev–Trinajstić information content (AvgIpc) is 2.33. The molecule has 0 radical (unpaired) electrons. The van der Waals surface area contributed by atoms with Gasteiger partial charge in [0.25, 0.3) is 0 Å². The van der Waals surface area contributed by atoms with E-state index in [-0.39, 0.29) is 0 Å². The summed E-state index contributed by atoms with van der Waals surface area (Å²) in [5.41, 5.74) is 10.1. The van der Waals surface area contributed by atoms with Gasteiger partial charge in [0, 0.05) is 6.54 Å². The van der Waals surface area contributed by atoms with E-state index in [2.05, 4.69) is 30.4 Å². The standard InChI is InChI=1S/C14H16N2/c1-2-16-14-9-8-12(10-13(14)15)11-6-4-3-5-7-11/h3-10,16H,2,15H2,1H3. The van der Waals surface area contributed by atoms with Gasteiger partial charge >= 0.3 is 0 Å². The predicted molar refractivity (Wildman–Crippen MR) is 70.5 cm³/mol. The maximum Gasteiger partial charge on any atom is 0.0574 e. The van der Waals surface area contributed by atoms with E-state index in [0.717, 1.165) is 23.5 Å². The number of nitrogen functional groups attached to an aromatic ring is 1. The number of nitrogens with one attached hydrogen (secondary N) is 1. The SMILES string of the molecule is CCNc1ccc(-c2ccccc2)cc1N. The van der Waals surface area contributed by atoms with Crippen LogP contribution in [0.3, 0.4) is 0 Å². The van der Waals surface area contributed by atoms with Crippen molar-refractivity contribution in [1.82, 2.24) is 0 Å². The van der Waals surface area contributed by atoms with Gasteiger partial charge in [-0.25, -0.2) is 0 Å². The normalized spacial score (nSPS) is 10.1. The molecule has 0 aliphatic carbocycles. The van der Waals surface area contributed by atoms with E-state index in [9.17, 15) is 0 Å². The van der Waals surface area contributed by atoms with Crippen LogP contribution in [0.5, 0.6) is 0 Å². The van der Waals surface area contributed by atoms with Gasteiger partial charge in [-0.2, -0.15) is 0 Å². The van der Waals surface area contributed by atoms with E-state index < -0.39 is 0 Å². The van der Waals surface area contributed by atoms with Crippen molar-refractivity contribution in [2.24, 2.45) is 0 Å². The number of hydrogen-bond donors (Lipinski definition) is 2. The van der Waals surface area contributed by atoms with Crippen LogP contribution in [0.2, 0.25) is 0 Å². The third-order valence-corrected chi connectivity index (χ3v) is 2.53. The Bertz CT molecular complexity index is 463. The minimum absolute atomic E-state index is 0.795. The van der Waals surface area contributed by atoms with Crippen LogP contribution in [-0.4, -0.2) is 6.54 Å². The van der Waals surface area contributed by atoms with Gasteiger partial charge in [-0.15, -0.1) is 0 Å². The Labute approximate surface area is 96.1 Å². The molecular formula is C14H16N2. The molecule has 2 heteroatoms. The molecule has 2 rings (SSSR count). The lowest BCUT2D eigenvalue weighted by Gasteiger charge is -2.09. The van der Waals surface area contributed by atoms with Gasteiger partial charge in [-0.1, -0.05) is 36.4 Å². The lowest BCUT2D eigenvalue weighted by atomic mass is 10.0. The number of rotatable bonds is 3. The van der Waals surface area contributed by atoms with E-state index in [1.54, 1.807) is 0 Å². The molecule has 0 saturated heterocycles. The largest absolute Gasteiger partial charge is 0.397 e. The predicted octanol–water partition coefficient (Wildman–Crippen LogP) is 3.37. The van der Waals surface area contributed by atoms with E-state index in [1.165, 1.54) is 5.56 Å². The van der Waals surface area contributed by atoms with Gasteiger partial charge in [-0.3, -0.25) is 0 Å². The topological polar surface area (TPSA) is 38.0 Å². The van der Waals surface area contributed by atoms with E-state index in [0.29, 0.717) is 0 Å². The lowest BCUT2D eigenvalue weighted by Crippen LogP contribution is -2.00. The summed E-state index contributed by atoms with van der Waals surface area (Å²) >= 11 is 0. The van der Waals surface area contributed by atoms with Crippen molar-refractivity contribution in [1.29, 1.82) is 0 Å². The zero-order valence-electron chi connectivity index (χ0n) is 9.40. The van der Waals surface area contributed by atoms with Crippen molar-refractivity contribution in [3.8, 4) is 11.1 Å². The van der Waals surface area contributed by atoms with Crippen molar-refractivity contribution in [2.45, 2.75) is 6.92 Å². The minimum Gasteiger partial charge on any atom is -0.397 e. The van der Waals surface area contributed by atoms with Crippen LogP contribution >= 0.6 is 0 Å². The molecule has 0 aliphatic heterocycles. The van der Waals surface area contributed by atoms with Crippen LogP contribution in [0.25, 0.3) is 11.1 Å². The van der Waals surface area contributed by atoms with Crippen LogP contribution in [0, 0.1) is 0 Å². The molecule has 0 bridgehead atoms. The second-order valence-electron chi connectivity index (χ2n) is 3.70. The van der Waals surface area contributed by atoms with Gasteiger partial charge in [-0.05, 0) is 30.2 Å². The van der Waals surface area contributed by atoms with Crippen molar-refractivity contribution >= 4 is 11.4 Å². The first-order chi connectivity index (χ1) is 7.81. The summed E-state index contributed by atoms with van der Waals surface area (Å²) in [5.74, 6) is 0. The van der Waals surface area contributed by atoms with Crippen LogP contribution < -0.4 is 11.1 Å². The molecule has 3 N–H and O–H groups in total. The number of nitrogens with two attached hydrogens (primary N) is 1. The second kappa shape index (κ2) is 4.71. The van der Waals surface area contributed by atoms with Crippen molar-refractivity contribution in [3.63, 3.8) is 0 Å². The third-order valence-electron chi connectivity index (χ3n) is 2.53. The summed E-state index contributed by atoms with van der Waals surface area (Å²) < 4.78 is 0. The van der Waals surface area contributed by atoms with Crippen LogP contribution in [0.1, 0.15) is 6.92 Å². The van der Waals surface area contributed by atoms with Gasteiger partial charge in [0.15, 0.2) is 0 Å². The molecule has 2 aromatic rings. The Morgan fingerprint density at radius 2 is 1.75 bits per heavy atom. The summed E-state index contributed by atoms with van der Waals surface area (Å²) in [5, 5.41) is 3.23. The van der Waals surface area contributed by atoms with Crippen LogP contribution in [-0.2, 0) is 0 Å². The molecule has 0 fully saturated rings. The van der Waals surface area contributed by atoms with Crippen molar-refractivity contribution < 1.29 is 0 Å². The first-order valence-corrected chi connectivity index (χ1v) is 5.50. The van der Waals surface area contributed by atoms with Crippen LogP contribution in [0.4, 0.5) is 11.4 Å². The molecule has 82 valence electrons. The molecule has 0 amide bonds. The Morgan fingerprint density at radius 3 is 2.38 bits per heavy atom. The highest BCUT2D eigenvalue weighted by Crippen LogP contribution is 2.26. The Morgan fingerprint density at radius 1 is 1.00 bits per heavy atom. The van der Waals surface area contributed by atoms with Gasteiger partial charge in [0.1, 0.15) is 0 Å². The van der Waals surface area contributed by atoms with Crippen molar-refractivity contribution in [3.05, 3.63) is 48.5 Å². The molecule has 0 spiro atoms. The zero-order chi connectivity index (χ0) is 11.4.